The van der Waals surface area contributed by atoms with Crippen molar-refractivity contribution in [3.05, 3.63) is 94.0 Å². The standard InChI is InChI=1S/C27H26ClNO4/c1-4-29(17(2)30)25(31)16-27(24-15-18(28)13-14-21(24)26(32)33-3)22-11-7-5-9-19(22)20-10-6-8-12-23(20)27/h5-15,17,30H,4,16H2,1-3H3. The molecule has 0 saturated carbocycles. The van der Waals surface area contributed by atoms with Crippen molar-refractivity contribution in [3.8, 4) is 11.1 Å². The summed E-state index contributed by atoms with van der Waals surface area (Å²) in [7, 11) is 1.33. The normalized spacial score (nSPS) is 14.2. The first kappa shape index (κ1) is 23.0. The number of nitrogens with zero attached hydrogens (tertiary/aromatic N) is 1. The van der Waals surface area contributed by atoms with E-state index in [1.807, 2.05) is 55.5 Å². The molecule has 0 bridgehead atoms. The molecule has 0 saturated heterocycles. The van der Waals surface area contributed by atoms with Crippen LogP contribution in [0.1, 0.15) is 47.3 Å². The molecule has 1 unspecified atom stereocenters. The molecular weight excluding hydrogens is 438 g/mol. The molecule has 0 heterocycles. The molecule has 0 radical (unpaired) electrons. The van der Waals surface area contributed by atoms with E-state index in [9.17, 15) is 14.7 Å². The van der Waals surface area contributed by atoms with Gasteiger partial charge in [0, 0.05) is 18.0 Å². The van der Waals surface area contributed by atoms with E-state index >= 15 is 0 Å². The maximum Gasteiger partial charge on any atom is 0.338 e. The number of aliphatic hydroxyl groups is 1. The SMILES string of the molecule is CCN(C(=O)CC1(c2cc(Cl)ccc2C(=O)OC)c2ccccc2-c2ccccc21)C(C)O. The van der Waals surface area contributed by atoms with Crippen molar-refractivity contribution in [2.45, 2.75) is 31.9 Å². The molecule has 4 rings (SSSR count). The Morgan fingerprint density at radius 1 is 1.00 bits per heavy atom. The number of ether oxygens (including phenoxy) is 1. The van der Waals surface area contributed by atoms with Gasteiger partial charge in [0.05, 0.1) is 18.1 Å². The van der Waals surface area contributed by atoms with Crippen LogP contribution >= 0.6 is 11.6 Å². The van der Waals surface area contributed by atoms with Crippen LogP contribution in [0.5, 0.6) is 0 Å². The summed E-state index contributed by atoms with van der Waals surface area (Å²) >= 11 is 6.45. The van der Waals surface area contributed by atoms with Crippen molar-refractivity contribution in [3.63, 3.8) is 0 Å². The molecule has 3 aromatic carbocycles. The minimum Gasteiger partial charge on any atom is -0.465 e. The number of fused-ring (bicyclic) bond motifs is 3. The van der Waals surface area contributed by atoms with Crippen molar-refractivity contribution in [1.29, 1.82) is 0 Å². The third kappa shape index (κ3) is 3.71. The number of esters is 1. The van der Waals surface area contributed by atoms with E-state index < -0.39 is 17.6 Å². The fourth-order valence-electron chi connectivity index (χ4n) is 5.04. The second-order valence-corrected chi connectivity index (χ2v) is 8.60. The summed E-state index contributed by atoms with van der Waals surface area (Å²) in [6, 6.07) is 20.8. The molecule has 1 amide bonds. The highest BCUT2D eigenvalue weighted by Crippen LogP contribution is 2.55. The first-order chi connectivity index (χ1) is 15.8. The smallest absolute Gasteiger partial charge is 0.338 e. The molecule has 1 atom stereocenters. The molecule has 170 valence electrons. The lowest BCUT2D eigenvalue weighted by Gasteiger charge is -2.36. The van der Waals surface area contributed by atoms with Crippen LogP contribution in [0, 0.1) is 0 Å². The molecule has 3 aromatic rings. The number of carbonyl (C=O) groups is 2. The number of hydrogen-bond donors (Lipinski definition) is 1. The van der Waals surface area contributed by atoms with Crippen molar-refractivity contribution in [1.82, 2.24) is 4.90 Å². The number of hydrogen-bond acceptors (Lipinski definition) is 4. The fourth-order valence-corrected chi connectivity index (χ4v) is 5.21. The summed E-state index contributed by atoms with van der Waals surface area (Å²) in [5.74, 6) is -0.729. The van der Waals surface area contributed by atoms with Crippen LogP contribution in [0.3, 0.4) is 0 Å². The van der Waals surface area contributed by atoms with E-state index in [1.165, 1.54) is 12.0 Å². The van der Waals surface area contributed by atoms with Crippen molar-refractivity contribution < 1.29 is 19.4 Å². The Bertz CT molecular complexity index is 1170. The zero-order valence-corrected chi connectivity index (χ0v) is 19.6. The first-order valence-electron chi connectivity index (χ1n) is 10.9. The van der Waals surface area contributed by atoms with E-state index in [0.29, 0.717) is 22.7 Å². The Morgan fingerprint density at radius 3 is 2.09 bits per heavy atom. The zero-order chi connectivity index (χ0) is 23.8. The topological polar surface area (TPSA) is 66.8 Å². The van der Waals surface area contributed by atoms with Crippen LogP contribution in [-0.4, -0.2) is 41.8 Å². The second-order valence-electron chi connectivity index (χ2n) is 8.17. The maximum atomic E-state index is 13.6. The largest absolute Gasteiger partial charge is 0.465 e. The van der Waals surface area contributed by atoms with Crippen LogP contribution in [0.2, 0.25) is 5.02 Å². The van der Waals surface area contributed by atoms with Crippen LogP contribution in [0.25, 0.3) is 11.1 Å². The molecule has 1 aliphatic carbocycles. The lowest BCUT2D eigenvalue weighted by atomic mass is 9.68. The number of aliphatic hydroxyl groups excluding tert-OH is 1. The monoisotopic (exact) mass is 463 g/mol. The Morgan fingerprint density at radius 2 is 1.58 bits per heavy atom. The summed E-state index contributed by atoms with van der Waals surface area (Å²) in [4.78, 5) is 27.9. The molecular formula is C27H26ClNO4. The molecule has 1 N–H and O–H groups in total. The number of benzene rings is 3. The van der Waals surface area contributed by atoms with Crippen LogP contribution in [0.15, 0.2) is 66.7 Å². The number of halogens is 1. The quantitative estimate of drug-likeness (QED) is 0.412. The van der Waals surface area contributed by atoms with Crippen LogP contribution in [-0.2, 0) is 14.9 Å². The average Bonchev–Trinajstić information content (AvgIpc) is 3.09. The third-order valence-electron chi connectivity index (χ3n) is 6.44. The van der Waals surface area contributed by atoms with Crippen LogP contribution < -0.4 is 0 Å². The van der Waals surface area contributed by atoms with Crippen LogP contribution in [0.4, 0.5) is 0 Å². The van der Waals surface area contributed by atoms with Gasteiger partial charge in [-0.3, -0.25) is 4.79 Å². The van der Waals surface area contributed by atoms with Gasteiger partial charge < -0.3 is 14.7 Å². The molecule has 0 aliphatic heterocycles. The van der Waals surface area contributed by atoms with Crippen molar-refractivity contribution >= 4 is 23.5 Å². The van der Waals surface area contributed by atoms with Gasteiger partial charge in [-0.15, -0.1) is 0 Å². The van der Waals surface area contributed by atoms with Crippen molar-refractivity contribution in [2.75, 3.05) is 13.7 Å². The lowest BCUT2D eigenvalue weighted by molar-refractivity contribution is -0.140. The molecule has 33 heavy (non-hydrogen) atoms. The fraction of sp³-hybridized carbons (Fsp3) is 0.259. The minimum atomic E-state index is -0.985. The number of methoxy groups -OCH3 is 1. The molecule has 0 fully saturated rings. The Labute approximate surface area is 198 Å². The lowest BCUT2D eigenvalue weighted by Crippen LogP contribution is -2.43. The number of amides is 1. The molecule has 6 heteroatoms. The van der Waals surface area contributed by atoms with Gasteiger partial charge in [0.1, 0.15) is 6.23 Å². The van der Waals surface area contributed by atoms with E-state index in [2.05, 4.69) is 0 Å². The van der Waals surface area contributed by atoms with E-state index in [0.717, 1.165) is 22.3 Å². The Kier molecular flexibility index (Phi) is 6.28. The molecule has 1 aliphatic rings. The summed E-state index contributed by atoms with van der Waals surface area (Å²) in [5, 5.41) is 10.7. The highest BCUT2D eigenvalue weighted by molar-refractivity contribution is 6.30. The van der Waals surface area contributed by atoms with E-state index in [-0.39, 0.29) is 12.3 Å². The van der Waals surface area contributed by atoms with Gasteiger partial charge >= 0.3 is 5.97 Å². The summed E-state index contributed by atoms with van der Waals surface area (Å²) in [6.07, 6.45) is -0.921. The number of carbonyl (C=O) groups excluding carboxylic acids is 2. The van der Waals surface area contributed by atoms with E-state index in [1.54, 1.807) is 25.1 Å². The Balaban J connectivity index is 2.08. The highest BCUT2D eigenvalue weighted by Gasteiger charge is 2.48. The molecule has 0 spiro atoms. The maximum absolute atomic E-state index is 13.6. The third-order valence-corrected chi connectivity index (χ3v) is 6.67. The Hall–Kier alpha value is -3.15. The van der Waals surface area contributed by atoms with Crippen molar-refractivity contribution in [2.24, 2.45) is 0 Å². The van der Waals surface area contributed by atoms with Gasteiger partial charge in [-0.1, -0.05) is 60.1 Å². The molecule has 5 nitrogen and oxygen atoms in total. The van der Waals surface area contributed by atoms with Gasteiger partial charge in [-0.25, -0.2) is 4.79 Å². The van der Waals surface area contributed by atoms with Gasteiger partial charge in [-0.2, -0.15) is 0 Å². The van der Waals surface area contributed by atoms with Gasteiger partial charge in [-0.05, 0) is 59.9 Å². The highest BCUT2D eigenvalue weighted by atomic mass is 35.5. The number of rotatable bonds is 6. The van der Waals surface area contributed by atoms with Gasteiger partial charge in [0.15, 0.2) is 0 Å². The van der Waals surface area contributed by atoms with Gasteiger partial charge in [0.2, 0.25) is 5.91 Å². The van der Waals surface area contributed by atoms with E-state index in [4.69, 9.17) is 16.3 Å². The molecule has 0 aromatic heterocycles. The predicted molar refractivity (Wildman–Crippen MR) is 128 cm³/mol. The summed E-state index contributed by atoms with van der Waals surface area (Å²) < 4.78 is 5.09. The average molecular weight is 464 g/mol. The zero-order valence-electron chi connectivity index (χ0n) is 18.8. The summed E-state index contributed by atoms with van der Waals surface area (Å²) in [5.41, 5.74) is 3.78. The van der Waals surface area contributed by atoms with Gasteiger partial charge in [0.25, 0.3) is 0 Å². The first-order valence-corrected chi connectivity index (χ1v) is 11.3. The summed E-state index contributed by atoms with van der Waals surface area (Å²) in [6.45, 7) is 3.76. The second kappa shape index (κ2) is 9.00. The predicted octanol–water partition coefficient (Wildman–Crippen LogP) is 5.02. The minimum absolute atomic E-state index is 0.0180.